The summed E-state index contributed by atoms with van der Waals surface area (Å²) in [5.74, 6) is 0.438. The molecule has 4 nitrogen and oxygen atoms in total. The molecule has 1 heterocycles. The molecular weight excluding hydrogens is 300 g/mol. The number of carbonyl (C=O) groups is 1. The third-order valence-electron chi connectivity index (χ3n) is 4.43. The lowest BCUT2D eigenvalue weighted by atomic mass is 10.0. The average Bonchev–Trinajstić information content (AvgIpc) is 2.99. The van der Waals surface area contributed by atoms with Gasteiger partial charge in [0, 0.05) is 18.0 Å². The maximum atomic E-state index is 12.2. The van der Waals surface area contributed by atoms with E-state index in [1.54, 1.807) is 0 Å². The van der Waals surface area contributed by atoms with E-state index in [1.165, 1.54) is 5.56 Å². The Morgan fingerprint density at radius 3 is 2.83 bits per heavy atom. The van der Waals surface area contributed by atoms with Crippen molar-refractivity contribution in [1.82, 2.24) is 4.90 Å². The van der Waals surface area contributed by atoms with Gasteiger partial charge in [0.2, 0.25) is 0 Å². The van der Waals surface area contributed by atoms with Gasteiger partial charge in [-0.15, -0.1) is 0 Å². The highest BCUT2D eigenvalue weighted by atomic mass is 16.5. The summed E-state index contributed by atoms with van der Waals surface area (Å²) in [6.07, 6.45) is 0.702. The Hall–Kier alpha value is -2.33. The number of ether oxygens (including phenoxy) is 1. The fourth-order valence-corrected chi connectivity index (χ4v) is 3.16. The van der Waals surface area contributed by atoms with E-state index in [2.05, 4.69) is 36.3 Å². The van der Waals surface area contributed by atoms with Crippen LogP contribution in [0.1, 0.15) is 12.0 Å². The molecule has 0 aliphatic carbocycles. The van der Waals surface area contributed by atoms with Crippen molar-refractivity contribution >= 4 is 11.8 Å². The van der Waals surface area contributed by atoms with Crippen LogP contribution in [0.25, 0.3) is 11.1 Å². The van der Waals surface area contributed by atoms with E-state index in [0.717, 1.165) is 36.3 Å². The molecule has 0 aromatic heterocycles. The van der Waals surface area contributed by atoms with Gasteiger partial charge >= 0.3 is 6.09 Å². The maximum Gasteiger partial charge on any atom is 0.411 e. The molecule has 3 rings (SSSR count). The number of carbonyl (C=O) groups excluding carboxylic acids is 1. The molecule has 1 unspecified atom stereocenters. The predicted molar refractivity (Wildman–Crippen MR) is 97.2 cm³/mol. The Labute approximate surface area is 143 Å². The Kier molecular flexibility index (Phi) is 5.16. The van der Waals surface area contributed by atoms with Crippen molar-refractivity contribution in [2.75, 3.05) is 32.1 Å². The largest absolute Gasteiger partial charge is 0.449 e. The first-order chi connectivity index (χ1) is 11.6. The fraction of sp³-hybridized carbons (Fsp3) is 0.350. The molecule has 1 saturated heterocycles. The van der Waals surface area contributed by atoms with Crippen molar-refractivity contribution in [1.29, 1.82) is 0 Å². The summed E-state index contributed by atoms with van der Waals surface area (Å²) in [4.78, 5) is 14.4. The van der Waals surface area contributed by atoms with Gasteiger partial charge in [-0.3, -0.25) is 5.32 Å². The first-order valence-corrected chi connectivity index (χ1v) is 8.40. The normalized spacial score (nSPS) is 17.7. The van der Waals surface area contributed by atoms with Crippen LogP contribution in [0.5, 0.6) is 0 Å². The van der Waals surface area contributed by atoms with Crippen LogP contribution in [0.15, 0.2) is 48.5 Å². The molecule has 1 N–H and O–H groups in total. The van der Waals surface area contributed by atoms with E-state index in [1.807, 2.05) is 36.4 Å². The summed E-state index contributed by atoms with van der Waals surface area (Å²) in [5, 5.41) is 2.89. The zero-order chi connectivity index (χ0) is 16.9. The first kappa shape index (κ1) is 16.5. The molecule has 24 heavy (non-hydrogen) atoms. The van der Waals surface area contributed by atoms with Gasteiger partial charge in [0.1, 0.15) is 0 Å². The third kappa shape index (κ3) is 4.15. The molecule has 4 heteroatoms. The first-order valence-electron chi connectivity index (χ1n) is 8.40. The maximum absolute atomic E-state index is 12.2. The van der Waals surface area contributed by atoms with E-state index < -0.39 is 0 Å². The van der Waals surface area contributed by atoms with Crippen LogP contribution in [0.4, 0.5) is 10.5 Å². The highest BCUT2D eigenvalue weighted by Crippen LogP contribution is 2.28. The highest BCUT2D eigenvalue weighted by Gasteiger charge is 2.21. The Morgan fingerprint density at radius 2 is 2.08 bits per heavy atom. The van der Waals surface area contributed by atoms with E-state index in [4.69, 9.17) is 4.74 Å². The summed E-state index contributed by atoms with van der Waals surface area (Å²) in [6.45, 7) is 4.61. The molecular formula is C20H24N2O2. The SMILES string of the molecule is Cc1cccc(-c2ccccc2NC(=O)OCC2CCN(C)C2)c1. The van der Waals surface area contributed by atoms with Gasteiger partial charge in [-0.05, 0) is 38.6 Å². The third-order valence-corrected chi connectivity index (χ3v) is 4.43. The van der Waals surface area contributed by atoms with Crippen LogP contribution < -0.4 is 5.32 Å². The number of anilines is 1. The average molecular weight is 324 g/mol. The van der Waals surface area contributed by atoms with E-state index >= 15 is 0 Å². The minimum atomic E-state index is -0.385. The van der Waals surface area contributed by atoms with Crippen molar-refractivity contribution < 1.29 is 9.53 Å². The number of amides is 1. The highest BCUT2D eigenvalue weighted by molar-refractivity contribution is 5.91. The van der Waals surface area contributed by atoms with E-state index in [9.17, 15) is 4.79 Å². The predicted octanol–water partition coefficient (Wildman–Crippen LogP) is 4.16. The molecule has 1 aliphatic heterocycles. The molecule has 1 amide bonds. The number of aryl methyl sites for hydroxylation is 1. The van der Waals surface area contributed by atoms with E-state index in [-0.39, 0.29) is 6.09 Å². The molecule has 0 saturated carbocycles. The van der Waals surface area contributed by atoms with Crippen LogP contribution in [-0.4, -0.2) is 37.7 Å². The van der Waals surface area contributed by atoms with Crippen LogP contribution in [0.3, 0.4) is 0 Å². The minimum absolute atomic E-state index is 0.385. The van der Waals surface area contributed by atoms with Gasteiger partial charge in [0.05, 0.1) is 12.3 Å². The molecule has 0 radical (unpaired) electrons. The second-order valence-corrected chi connectivity index (χ2v) is 6.56. The van der Waals surface area contributed by atoms with Crippen molar-refractivity contribution in [2.24, 2.45) is 5.92 Å². The quantitative estimate of drug-likeness (QED) is 0.918. The van der Waals surface area contributed by atoms with Crippen molar-refractivity contribution in [3.05, 3.63) is 54.1 Å². The Balaban J connectivity index is 1.65. The lowest BCUT2D eigenvalue weighted by Gasteiger charge is -2.14. The molecule has 1 fully saturated rings. The van der Waals surface area contributed by atoms with Gasteiger partial charge in [-0.2, -0.15) is 0 Å². The summed E-state index contributed by atoms with van der Waals surface area (Å²) < 4.78 is 5.42. The smallest absolute Gasteiger partial charge is 0.411 e. The molecule has 1 aliphatic rings. The minimum Gasteiger partial charge on any atom is -0.449 e. The number of nitrogens with one attached hydrogen (secondary N) is 1. The lowest BCUT2D eigenvalue weighted by Crippen LogP contribution is -2.21. The number of hydrogen-bond acceptors (Lipinski definition) is 3. The number of para-hydroxylation sites is 1. The zero-order valence-corrected chi connectivity index (χ0v) is 14.3. The van der Waals surface area contributed by atoms with Gasteiger partial charge in [-0.1, -0.05) is 48.0 Å². The fourth-order valence-electron chi connectivity index (χ4n) is 3.16. The zero-order valence-electron chi connectivity index (χ0n) is 14.3. The van der Waals surface area contributed by atoms with Crippen molar-refractivity contribution in [3.63, 3.8) is 0 Å². The van der Waals surface area contributed by atoms with Crippen LogP contribution >= 0.6 is 0 Å². The molecule has 1 atom stereocenters. The van der Waals surface area contributed by atoms with Gasteiger partial charge in [-0.25, -0.2) is 4.79 Å². The second kappa shape index (κ2) is 7.49. The second-order valence-electron chi connectivity index (χ2n) is 6.56. The van der Waals surface area contributed by atoms with Gasteiger partial charge in [0.25, 0.3) is 0 Å². The Morgan fingerprint density at radius 1 is 1.25 bits per heavy atom. The van der Waals surface area contributed by atoms with Crippen LogP contribution in [-0.2, 0) is 4.74 Å². The summed E-state index contributed by atoms with van der Waals surface area (Å²) in [6, 6.07) is 16.1. The number of hydrogen-bond donors (Lipinski definition) is 1. The summed E-state index contributed by atoms with van der Waals surface area (Å²) >= 11 is 0. The number of nitrogens with zero attached hydrogens (tertiary/aromatic N) is 1. The molecule has 2 aromatic rings. The van der Waals surface area contributed by atoms with E-state index in [0.29, 0.717) is 12.5 Å². The molecule has 126 valence electrons. The van der Waals surface area contributed by atoms with Gasteiger partial charge < -0.3 is 9.64 Å². The van der Waals surface area contributed by atoms with Crippen LogP contribution in [0, 0.1) is 12.8 Å². The summed E-state index contributed by atoms with van der Waals surface area (Å²) in [5.41, 5.74) is 4.05. The van der Waals surface area contributed by atoms with Crippen molar-refractivity contribution in [3.8, 4) is 11.1 Å². The van der Waals surface area contributed by atoms with Gasteiger partial charge in [0.15, 0.2) is 0 Å². The van der Waals surface area contributed by atoms with Crippen LogP contribution in [0.2, 0.25) is 0 Å². The Bertz CT molecular complexity index is 714. The monoisotopic (exact) mass is 324 g/mol. The standard InChI is InChI=1S/C20H24N2O2/c1-15-6-5-7-17(12-15)18-8-3-4-9-19(18)21-20(23)24-14-16-10-11-22(2)13-16/h3-9,12,16H,10-11,13-14H2,1-2H3,(H,21,23). The number of rotatable bonds is 4. The lowest BCUT2D eigenvalue weighted by molar-refractivity contribution is 0.142. The topological polar surface area (TPSA) is 41.6 Å². The molecule has 2 aromatic carbocycles. The van der Waals surface area contributed by atoms with Crippen molar-refractivity contribution in [2.45, 2.75) is 13.3 Å². The summed E-state index contributed by atoms with van der Waals surface area (Å²) in [7, 11) is 2.10. The molecule has 0 spiro atoms. The number of benzene rings is 2. The molecule has 0 bridgehead atoms. The number of likely N-dealkylation sites (tertiary alicyclic amines) is 1.